The lowest BCUT2D eigenvalue weighted by Crippen LogP contribution is -2.20. The molecule has 2 nitrogen and oxygen atoms in total. The van der Waals surface area contributed by atoms with E-state index in [9.17, 15) is 0 Å². The highest BCUT2D eigenvalue weighted by Gasteiger charge is 2.32. The van der Waals surface area contributed by atoms with Crippen LogP contribution < -0.4 is 10.1 Å². The highest BCUT2D eigenvalue weighted by molar-refractivity contribution is 9.11. The maximum Gasteiger partial charge on any atom is 0.123 e. The van der Waals surface area contributed by atoms with Gasteiger partial charge in [0.05, 0.1) is 16.4 Å². The third-order valence-corrected chi connectivity index (χ3v) is 6.31. The van der Waals surface area contributed by atoms with Gasteiger partial charge in [-0.1, -0.05) is 19.9 Å². The van der Waals surface area contributed by atoms with Gasteiger partial charge in [-0.05, 0) is 59.2 Å². The minimum absolute atomic E-state index is 0.0928. The Morgan fingerprint density at radius 3 is 2.71 bits per heavy atom. The van der Waals surface area contributed by atoms with Gasteiger partial charge in [-0.25, -0.2) is 0 Å². The van der Waals surface area contributed by atoms with Crippen LogP contribution in [0.15, 0.2) is 28.1 Å². The SMILES string of the molecule is CNC(c1ccc2c(c1)C(C)(C)CO2)c1cc(C)c(Br)s1. The fourth-order valence-electron chi connectivity index (χ4n) is 2.82. The molecule has 1 aliphatic rings. The van der Waals surface area contributed by atoms with Gasteiger partial charge in [0.15, 0.2) is 0 Å². The number of ether oxygens (including phenoxy) is 1. The number of rotatable bonds is 3. The third kappa shape index (κ3) is 2.65. The van der Waals surface area contributed by atoms with Crippen LogP contribution in [0, 0.1) is 6.92 Å². The summed E-state index contributed by atoms with van der Waals surface area (Å²) >= 11 is 5.42. The molecule has 0 radical (unpaired) electrons. The molecule has 4 heteroatoms. The Balaban J connectivity index is 2.03. The Hall–Kier alpha value is -0.840. The first-order chi connectivity index (χ1) is 9.92. The van der Waals surface area contributed by atoms with Crippen molar-refractivity contribution in [3.05, 3.63) is 49.6 Å². The molecule has 0 saturated heterocycles. The summed E-state index contributed by atoms with van der Waals surface area (Å²) in [4.78, 5) is 1.33. The molecule has 0 aliphatic carbocycles. The second kappa shape index (κ2) is 5.41. The average molecular weight is 366 g/mol. The number of aryl methyl sites for hydroxylation is 1. The van der Waals surface area contributed by atoms with Crippen molar-refractivity contribution >= 4 is 27.3 Å². The van der Waals surface area contributed by atoms with Crippen LogP contribution in [0.1, 0.15) is 41.5 Å². The zero-order chi connectivity index (χ0) is 15.2. The minimum Gasteiger partial charge on any atom is -0.492 e. The maximum absolute atomic E-state index is 5.79. The molecule has 1 atom stereocenters. The molecule has 3 rings (SSSR count). The Labute approximate surface area is 138 Å². The second-order valence-electron chi connectivity index (χ2n) is 6.26. The van der Waals surface area contributed by atoms with Crippen LogP contribution in [-0.4, -0.2) is 13.7 Å². The van der Waals surface area contributed by atoms with Gasteiger partial charge in [0, 0.05) is 15.9 Å². The van der Waals surface area contributed by atoms with Crippen LogP contribution in [0.5, 0.6) is 5.75 Å². The van der Waals surface area contributed by atoms with E-state index < -0.39 is 0 Å². The summed E-state index contributed by atoms with van der Waals surface area (Å²) in [5.74, 6) is 1.03. The fraction of sp³-hybridized carbons (Fsp3) is 0.412. The van der Waals surface area contributed by atoms with Gasteiger partial charge < -0.3 is 10.1 Å². The van der Waals surface area contributed by atoms with E-state index in [-0.39, 0.29) is 11.5 Å². The summed E-state index contributed by atoms with van der Waals surface area (Å²) in [6.07, 6.45) is 0. The van der Waals surface area contributed by atoms with Crippen molar-refractivity contribution < 1.29 is 4.74 Å². The first kappa shape index (κ1) is 15.1. The summed E-state index contributed by atoms with van der Waals surface area (Å²) < 4.78 is 7.00. The van der Waals surface area contributed by atoms with Crippen LogP contribution in [0.25, 0.3) is 0 Å². The lowest BCUT2D eigenvalue weighted by Gasteiger charge is -2.19. The topological polar surface area (TPSA) is 21.3 Å². The normalized spacial score (nSPS) is 17.4. The zero-order valence-corrected chi connectivity index (χ0v) is 15.2. The summed E-state index contributed by atoms with van der Waals surface area (Å²) in [6.45, 7) is 7.38. The van der Waals surface area contributed by atoms with Crippen LogP contribution in [0.2, 0.25) is 0 Å². The Morgan fingerprint density at radius 1 is 1.33 bits per heavy atom. The van der Waals surface area contributed by atoms with E-state index >= 15 is 0 Å². The number of thiophene rings is 1. The number of fused-ring (bicyclic) bond motifs is 1. The molecule has 0 saturated carbocycles. The van der Waals surface area contributed by atoms with Crippen molar-refractivity contribution in [2.75, 3.05) is 13.7 Å². The van der Waals surface area contributed by atoms with E-state index in [0.717, 1.165) is 12.4 Å². The maximum atomic E-state index is 5.79. The molecule has 0 spiro atoms. The van der Waals surface area contributed by atoms with Crippen LogP contribution in [0.3, 0.4) is 0 Å². The van der Waals surface area contributed by atoms with Gasteiger partial charge in [0.2, 0.25) is 0 Å². The van der Waals surface area contributed by atoms with Crippen molar-refractivity contribution in [1.82, 2.24) is 5.32 Å². The van der Waals surface area contributed by atoms with Crippen molar-refractivity contribution in [3.63, 3.8) is 0 Å². The molecule has 2 heterocycles. The highest BCUT2D eigenvalue weighted by atomic mass is 79.9. The smallest absolute Gasteiger partial charge is 0.123 e. The lowest BCUT2D eigenvalue weighted by atomic mass is 9.85. The molecule has 112 valence electrons. The molecule has 2 aromatic rings. The largest absolute Gasteiger partial charge is 0.492 e. The minimum atomic E-state index is 0.0928. The summed E-state index contributed by atoms with van der Waals surface area (Å²) in [6, 6.07) is 9.06. The van der Waals surface area contributed by atoms with Gasteiger partial charge in [-0.15, -0.1) is 11.3 Å². The van der Waals surface area contributed by atoms with Gasteiger partial charge in [0.1, 0.15) is 5.75 Å². The molecule has 21 heavy (non-hydrogen) atoms. The van der Waals surface area contributed by atoms with E-state index in [0.29, 0.717) is 0 Å². The van der Waals surface area contributed by atoms with Crippen LogP contribution in [0.4, 0.5) is 0 Å². The summed E-state index contributed by atoms with van der Waals surface area (Å²) in [7, 11) is 2.02. The van der Waals surface area contributed by atoms with Crippen LogP contribution in [-0.2, 0) is 5.41 Å². The van der Waals surface area contributed by atoms with Crippen molar-refractivity contribution in [2.24, 2.45) is 0 Å². The first-order valence-electron chi connectivity index (χ1n) is 7.12. The predicted octanol–water partition coefficient (Wildman–Crippen LogP) is 4.80. The number of halogens is 1. The van der Waals surface area contributed by atoms with Gasteiger partial charge >= 0.3 is 0 Å². The zero-order valence-electron chi connectivity index (χ0n) is 12.8. The summed E-state index contributed by atoms with van der Waals surface area (Å²) in [5, 5.41) is 3.44. The molecule has 1 aliphatic heterocycles. The Kier molecular flexibility index (Phi) is 3.89. The van der Waals surface area contributed by atoms with E-state index in [4.69, 9.17) is 4.74 Å². The van der Waals surface area contributed by atoms with Gasteiger partial charge in [-0.3, -0.25) is 0 Å². The highest BCUT2D eigenvalue weighted by Crippen LogP contribution is 2.41. The quantitative estimate of drug-likeness (QED) is 0.843. The van der Waals surface area contributed by atoms with Crippen molar-refractivity contribution in [3.8, 4) is 5.75 Å². The fourth-order valence-corrected chi connectivity index (χ4v) is 4.53. The van der Waals surface area contributed by atoms with Crippen molar-refractivity contribution in [2.45, 2.75) is 32.2 Å². The number of hydrogen-bond acceptors (Lipinski definition) is 3. The number of hydrogen-bond donors (Lipinski definition) is 1. The van der Waals surface area contributed by atoms with Crippen molar-refractivity contribution in [1.29, 1.82) is 0 Å². The van der Waals surface area contributed by atoms with Crippen LogP contribution >= 0.6 is 27.3 Å². The van der Waals surface area contributed by atoms with Gasteiger partial charge in [0.25, 0.3) is 0 Å². The predicted molar refractivity (Wildman–Crippen MR) is 92.6 cm³/mol. The standard InChI is InChI=1S/C17H20BrNOS/c1-10-7-14(21-16(10)18)15(19-4)11-5-6-13-12(8-11)17(2,3)9-20-13/h5-8,15,19H,9H2,1-4H3. The molecule has 0 bridgehead atoms. The van der Waals surface area contributed by atoms with Gasteiger partial charge in [-0.2, -0.15) is 0 Å². The molecular formula is C17H20BrNOS. The van der Waals surface area contributed by atoms with E-state index in [1.807, 2.05) is 7.05 Å². The Bertz CT molecular complexity index is 658. The number of benzene rings is 1. The molecule has 1 aromatic carbocycles. The molecule has 0 amide bonds. The average Bonchev–Trinajstić information content (AvgIpc) is 2.92. The summed E-state index contributed by atoms with van der Waals surface area (Å²) in [5.41, 5.74) is 3.99. The third-order valence-electron chi connectivity index (χ3n) is 4.10. The Morgan fingerprint density at radius 2 is 2.10 bits per heavy atom. The van der Waals surface area contributed by atoms with E-state index in [1.165, 1.54) is 25.4 Å². The van der Waals surface area contributed by atoms with E-state index in [1.54, 1.807) is 11.3 Å². The van der Waals surface area contributed by atoms with E-state index in [2.05, 4.69) is 66.3 Å². The number of nitrogens with one attached hydrogen (secondary N) is 1. The molecule has 1 unspecified atom stereocenters. The molecule has 1 N–H and O–H groups in total. The molecule has 1 aromatic heterocycles. The lowest BCUT2D eigenvalue weighted by molar-refractivity contribution is 0.291. The second-order valence-corrected chi connectivity index (χ2v) is 8.66. The monoisotopic (exact) mass is 365 g/mol. The molecular weight excluding hydrogens is 346 g/mol. The first-order valence-corrected chi connectivity index (χ1v) is 8.73. The molecule has 0 fully saturated rings.